The Kier molecular flexibility index (Phi) is 5.19. The van der Waals surface area contributed by atoms with Crippen molar-refractivity contribution in [2.24, 2.45) is 5.73 Å². The van der Waals surface area contributed by atoms with Crippen molar-refractivity contribution in [3.63, 3.8) is 0 Å². The molecule has 3 nitrogen and oxygen atoms in total. The van der Waals surface area contributed by atoms with Crippen LogP contribution in [0.3, 0.4) is 0 Å². The molecule has 1 fully saturated rings. The molecular formula is C21H26N2O. The minimum absolute atomic E-state index is 0.231. The Bertz CT molecular complexity index is 613. The second-order valence-corrected chi connectivity index (χ2v) is 6.85. The fraction of sp³-hybridized carbons (Fsp3) is 0.381. The second-order valence-electron chi connectivity index (χ2n) is 6.85. The van der Waals surface area contributed by atoms with Crippen molar-refractivity contribution in [1.29, 1.82) is 0 Å². The van der Waals surface area contributed by atoms with Gasteiger partial charge >= 0.3 is 6.03 Å². The van der Waals surface area contributed by atoms with E-state index in [4.69, 9.17) is 5.73 Å². The molecule has 0 bridgehead atoms. The van der Waals surface area contributed by atoms with Crippen LogP contribution in [-0.4, -0.2) is 23.0 Å². The van der Waals surface area contributed by atoms with Gasteiger partial charge in [0.05, 0.1) is 5.54 Å². The molecule has 126 valence electrons. The van der Waals surface area contributed by atoms with Gasteiger partial charge in [0.15, 0.2) is 0 Å². The number of nitrogens with two attached hydrogens (primary N) is 1. The lowest BCUT2D eigenvalue weighted by molar-refractivity contribution is 0.117. The zero-order valence-electron chi connectivity index (χ0n) is 14.2. The molecule has 0 unspecified atom stereocenters. The monoisotopic (exact) mass is 322 g/mol. The van der Waals surface area contributed by atoms with Gasteiger partial charge in [0.2, 0.25) is 0 Å². The van der Waals surface area contributed by atoms with E-state index in [2.05, 4.69) is 48.5 Å². The van der Waals surface area contributed by atoms with Gasteiger partial charge in [0, 0.05) is 6.54 Å². The Hall–Kier alpha value is -2.29. The first-order valence-corrected chi connectivity index (χ1v) is 8.85. The van der Waals surface area contributed by atoms with E-state index in [0.717, 1.165) is 45.1 Å². The number of carbonyl (C=O) groups is 1. The van der Waals surface area contributed by atoms with Crippen LogP contribution in [0, 0.1) is 0 Å². The second kappa shape index (κ2) is 7.52. The minimum Gasteiger partial charge on any atom is -0.351 e. The molecule has 2 amide bonds. The van der Waals surface area contributed by atoms with Crippen LogP contribution in [-0.2, 0) is 12.8 Å². The van der Waals surface area contributed by atoms with E-state index in [1.807, 2.05) is 17.0 Å². The van der Waals surface area contributed by atoms with Crippen LogP contribution in [0.15, 0.2) is 60.7 Å². The summed E-state index contributed by atoms with van der Waals surface area (Å²) in [7, 11) is 0. The largest absolute Gasteiger partial charge is 0.351 e. The number of carbonyl (C=O) groups excluding carboxylic acids is 1. The smallest absolute Gasteiger partial charge is 0.315 e. The van der Waals surface area contributed by atoms with E-state index in [9.17, 15) is 4.79 Å². The third-order valence-electron chi connectivity index (χ3n) is 5.11. The molecule has 0 atom stereocenters. The van der Waals surface area contributed by atoms with Crippen LogP contribution in [0.4, 0.5) is 4.79 Å². The lowest BCUT2D eigenvalue weighted by Gasteiger charge is -2.43. The average Bonchev–Trinajstić information content (AvgIpc) is 2.79. The Labute approximate surface area is 144 Å². The van der Waals surface area contributed by atoms with Crippen LogP contribution >= 0.6 is 0 Å². The SMILES string of the molecule is NC(=O)N1CCCCCC1(Cc1ccccc1)Cc1ccccc1. The number of urea groups is 1. The predicted octanol–water partition coefficient (Wildman–Crippen LogP) is 4.17. The molecule has 1 saturated heterocycles. The van der Waals surface area contributed by atoms with Gasteiger partial charge in [-0.15, -0.1) is 0 Å². The number of benzene rings is 2. The zero-order chi connectivity index (χ0) is 16.8. The molecule has 1 aliphatic rings. The van der Waals surface area contributed by atoms with E-state index in [1.165, 1.54) is 11.1 Å². The lowest BCUT2D eigenvalue weighted by atomic mass is 9.80. The van der Waals surface area contributed by atoms with Crippen LogP contribution < -0.4 is 5.73 Å². The van der Waals surface area contributed by atoms with Crippen molar-refractivity contribution in [3.05, 3.63) is 71.8 Å². The van der Waals surface area contributed by atoms with E-state index in [-0.39, 0.29) is 11.6 Å². The summed E-state index contributed by atoms with van der Waals surface area (Å²) in [6.45, 7) is 0.759. The van der Waals surface area contributed by atoms with E-state index in [1.54, 1.807) is 0 Å². The topological polar surface area (TPSA) is 46.3 Å². The van der Waals surface area contributed by atoms with Crippen molar-refractivity contribution in [2.75, 3.05) is 6.54 Å². The average molecular weight is 322 g/mol. The van der Waals surface area contributed by atoms with Gasteiger partial charge in [-0.3, -0.25) is 0 Å². The molecule has 2 aromatic carbocycles. The van der Waals surface area contributed by atoms with Crippen LogP contribution in [0.1, 0.15) is 36.8 Å². The standard InChI is InChI=1S/C21H26N2O/c22-20(24)23-15-9-3-8-14-21(23,16-18-10-4-1-5-11-18)17-19-12-6-2-7-13-19/h1-2,4-7,10-13H,3,8-9,14-17H2,(H2,22,24). The van der Waals surface area contributed by atoms with Crippen molar-refractivity contribution in [3.8, 4) is 0 Å². The van der Waals surface area contributed by atoms with Gasteiger partial charge in [-0.25, -0.2) is 4.79 Å². The summed E-state index contributed by atoms with van der Waals surface area (Å²) in [5, 5.41) is 0. The number of nitrogens with zero attached hydrogens (tertiary/aromatic N) is 1. The maximum absolute atomic E-state index is 12.3. The first kappa shape index (κ1) is 16.6. The number of likely N-dealkylation sites (tertiary alicyclic amines) is 1. The highest BCUT2D eigenvalue weighted by Gasteiger charge is 2.39. The van der Waals surface area contributed by atoms with Gasteiger partial charge in [-0.2, -0.15) is 0 Å². The fourth-order valence-electron chi connectivity index (χ4n) is 4.00. The van der Waals surface area contributed by atoms with E-state index in [0.29, 0.717) is 0 Å². The van der Waals surface area contributed by atoms with Gasteiger partial charge in [0.1, 0.15) is 0 Å². The first-order chi connectivity index (χ1) is 11.7. The maximum atomic E-state index is 12.3. The highest BCUT2D eigenvalue weighted by molar-refractivity contribution is 5.73. The minimum atomic E-state index is -0.288. The number of hydrogen-bond acceptors (Lipinski definition) is 1. The van der Waals surface area contributed by atoms with Gasteiger partial charge in [-0.05, 0) is 36.8 Å². The molecule has 0 aromatic heterocycles. The zero-order valence-corrected chi connectivity index (χ0v) is 14.2. The first-order valence-electron chi connectivity index (χ1n) is 8.85. The molecule has 3 heteroatoms. The van der Waals surface area contributed by atoms with Gasteiger partial charge < -0.3 is 10.6 Å². The summed E-state index contributed by atoms with van der Waals surface area (Å²) in [5.74, 6) is 0. The van der Waals surface area contributed by atoms with E-state index < -0.39 is 0 Å². The lowest BCUT2D eigenvalue weighted by Crippen LogP contribution is -2.56. The van der Waals surface area contributed by atoms with Crippen molar-refractivity contribution >= 4 is 6.03 Å². The summed E-state index contributed by atoms with van der Waals surface area (Å²) < 4.78 is 0. The van der Waals surface area contributed by atoms with Gasteiger partial charge in [0.25, 0.3) is 0 Å². The summed E-state index contributed by atoms with van der Waals surface area (Å²) in [6.07, 6.45) is 6.05. The molecule has 1 heterocycles. The molecule has 0 spiro atoms. The number of primary amides is 1. The predicted molar refractivity (Wildman–Crippen MR) is 97.8 cm³/mol. The Morgan fingerprint density at radius 3 is 1.92 bits per heavy atom. The van der Waals surface area contributed by atoms with Crippen LogP contribution in [0.5, 0.6) is 0 Å². The maximum Gasteiger partial charge on any atom is 0.315 e. The number of amides is 2. The fourth-order valence-corrected chi connectivity index (χ4v) is 4.00. The van der Waals surface area contributed by atoms with Crippen LogP contribution in [0.25, 0.3) is 0 Å². The Balaban J connectivity index is 1.98. The Morgan fingerprint density at radius 2 is 1.42 bits per heavy atom. The quantitative estimate of drug-likeness (QED) is 0.902. The molecule has 2 aromatic rings. The highest BCUT2D eigenvalue weighted by atomic mass is 16.2. The summed E-state index contributed by atoms with van der Waals surface area (Å²) in [6, 6.07) is 20.6. The van der Waals surface area contributed by atoms with Gasteiger partial charge in [-0.1, -0.05) is 73.5 Å². The van der Waals surface area contributed by atoms with E-state index >= 15 is 0 Å². The van der Waals surface area contributed by atoms with Crippen molar-refractivity contribution in [2.45, 2.75) is 44.1 Å². The molecule has 24 heavy (non-hydrogen) atoms. The molecule has 3 rings (SSSR count). The Morgan fingerprint density at radius 1 is 0.875 bits per heavy atom. The summed E-state index contributed by atoms with van der Waals surface area (Å²) in [5.41, 5.74) is 8.11. The molecule has 2 N–H and O–H groups in total. The number of rotatable bonds is 4. The molecular weight excluding hydrogens is 296 g/mol. The third kappa shape index (κ3) is 3.78. The third-order valence-corrected chi connectivity index (χ3v) is 5.11. The number of hydrogen-bond donors (Lipinski definition) is 1. The highest BCUT2D eigenvalue weighted by Crippen LogP contribution is 2.34. The normalized spacial score (nSPS) is 17.2. The molecule has 0 saturated carbocycles. The summed E-state index contributed by atoms with van der Waals surface area (Å²) >= 11 is 0. The van der Waals surface area contributed by atoms with Crippen molar-refractivity contribution < 1.29 is 4.79 Å². The molecule has 1 aliphatic heterocycles. The molecule has 0 radical (unpaired) electrons. The molecule has 0 aliphatic carbocycles. The summed E-state index contributed by atoms with van der Waals surface area (Å²) in [4.78, 5) is 14.2. The van der Waals surface area contributed by atoms with Crippen molar-refractivity contribution in [1.82, 2.24) is 4.90 Å². The van der Waals surface area contributed by atoms with Crippen LogP contribution in [0.2, 0.25) is 0 Å².